The third kappa shape index (κ3) is 3.90. The van der Waals surface area contributed by atoms with E-state index in [-0.39, 0.29) is 12.4 Å². The molecule has 1 aromatic carbocycles. The largest absolute Gasteiger partial charge is 0.485 e. The van der Waals surface area contributed by atoms with E-state index >= 15 is 0 Å². The van der Waals surface area contributed by atoms with Crippen LogP contribution in [0.3, 0.4) is 0 Å². The number of thiophene rings is 1. The first-order valence-electron chi connectivity index (χ1n) is 5.34. The van der Waals surface area contributed by atoms with Crippen LogP contribution in [-0.2, 0) is 0 Å². The van der Waals surface area contributed by atoms with Gasteiger partial charge < -0.3 is 4.74 Å². The van der Waals surface area contributed by atoms with E-state index in [1.807, 2.05) is 25.1 Å². The number of ketones is 1. The van der Waals surface area contributed by atoms with Gasteiger partial charge in [0.1, 0.15) is 5.75 Å². The lowest BCUT2D eigenvalue weighted by atomic mass is 10.2. The highest BCUT2D eigenvalue weighted by molar-refractivity contribution is 9.12. The molecule has 0 radical (unpaired) electrons. The van der Waals surface area contributed by atoms with Gasteiger partial charge >= 0.3 is 0 Å². The van der Waals surface area contributed by atoms with Crippen LogP contribution in [0.2, 0.25) is 0 Å². The molecule has 0 fully saturated rings. The van der Waals surface area contributed by atoms with Crippen LogP contribution in [-0.4, -0.2) is 12.4 Å². The first-order chi connectivity index (χ1) is 8.97. The van der Waals surface area contributed by atoms with E-state index in [2.05, 4.69) is 47.8 Å². The smallest absolute Gasteiger partial charge is 0.202 e. The van der Waals surface area contributed by atoms with Crippen LogP contribution in [0, 0.1) is 6.92 Å². The van der Waals surface area contributed by atoms with Gasteiger partial charge in [0.25, 0.3) is 0 Å². The standard InChI is InChI=1S/C13H9Br3O2S/c1-7-4-8(2-3-10(7)14)18-6-11(17)9-5-12(15)19-13(9)16/h2-5H,6H2,1H3. The number of Topliss-reactive ketones (excluding diaryl/α,β-unsaturated/α-hetero) is 1. The van der Waals surface area contributed by atoms with E-state index in [1.54, 1.807) is 6.07 Å². The zero-order chi connectivity index (χ0) is 14.0. The Balaban J connectivity index is 2.04. The normalized spacial score (nSPS) is 10.5. The number of benzene rings is 1. The van der Waals surface area contributed by atoms with Gasteiger partial charge in [-0.05, 0) is 68.6 Å². The van der Waals surface area contributed by atoms with Gasteiger partial charge in [-0.1, -0.05) is 15.9 Å². The molecule has 0 N–H and O–H groups in total. The quantitative estimate of drug-likeness (QED) is 0.545. The predicted molar refractivity (Wildman–Crippen MR) is 88.4 cm³/mol. The van der Waals surface area contributed by atoms with Crippen LogP contribution in [0.5, 0.6) is 5.75 Å². The first kappa shape index (κ1) is 15.2. The second kappa shape index (κ2) is 6.52. The lowest BCUT2D eigenvalue weighted by Gasteiger charge is -2.06. The molecule has 0 saturated carbocycles. The number of hydrogen-bond donors (Lipinski definition) is 0. The summed E-state index contributed by atoms with van der Waals surface area (Å²) in [7, 11) is 0. The molecular formula is C13H9Br3O2S. The number of carbonyl (C=O) groups excluding carboxylic acids is 1. The van der Waals surface area contributed by atoms with Crippen molar-refractivity contribution in [3.8, 4) is 5.75 Å². The van der Waals surface area contributed by atoms with Gasteiger partial charge in [0.05, 0.1) is 7.57 Å². The average Bonchev–Trinajstić information content (AvgIpc) is 2.70. The number of ether oxygens (including phenoxy) is 1. The molecule has 0 unspecified atom stereocenters. The van der Waals surface area contributed by atoms with Gasteiger partial charge in [0, 0.05) is 10.0 Å². The lowest BCUT2D eigenvalue weighted by Crippen LogP contribution is -2.11. The number of halogens is 3. The summed E-state index contributed by atoms with van der Waals surface area (Å²) in [5.41, 5.74) is 1.72. The van der Waals surface area contributed by atoms with Gasteiger partial charge in [0.2, 0.25) is 5.78 Å². The molecule has 0 aliphatic rings. The summed E-state index contributed by atoms with van der Waals surface area (Å²) in [5.74, 6) is 0.647. The Morgan fingerprint density at radius 2 is 2.00 bits per heavy atom. The first-order valence-corrected chi connectivity index (χ1v) is 8.54. The molecule has 2 rings (SSSR count). The van der Waals surface area contributed by atoms with Crippen LogP contribution in [0.25, 0.3) is 0 Å². The summed E-state index contributed by atoms with van der Waals surface area (Å²) in [4.78, 5) is 12.0. The van der Waals surface area contributed by atoms with Crippen molar-refractivity contribution in [1.82, 2.24) is 0 Å². The zero-order valence-electron chi connectivity index (χ0n) is 9.88. The summed E-state index contributed by atoms with van der Waals surface area (Å²) >= 11 is 11.6. The van der Waals surface area contributed by atoms with Crippen molar-refractivity contribution in [3.63, 3.8) is 0 Å². The number of hydrogen-bond acceptors (Lipinski definition) is 3. The maximum Gasteiger partial charge on any atom is 0.202 e. The summed E-state index contributed by atoms with van der Waals surface area (Å²) < 4.78 is 8.28. The van der Waals surface area contributed by atoms with Crippen molar-refractivity contribution < 1.29 is 9.53 Å². The molecule has 2 nitrogen and oxygen atoms in total. The van der Waals surface area contributed by atoms with E-state index in [0.29, 0.717) is 11.3 Å². The third-order valence-electron chi connectivity index (χ3n) is 2.46. The lowest BCUT2D eigenvalue weighted by molar-refractivity contribution is 0.0921. The molecule has 6 heteroatoms. The third-order valence-corrected chi connectivity index (χ3v) is 5.69. The van der Waals surface area contributed by atoms with Crippen molar-refractivity contribution in [2.75, 3.05) is 6.61 Å². The van der Waals surface area contributed by atoms with Crippen molar-refractivity contribution in [1.29, 1.82) is 0 Å². The maximum absolute atomic E-state index is 12.0. The average molecular weight is 469 g/mol. The van der Waals surface area contributed by atoms with E-state index < -0.39 is 0 Å². The van der Waals surface area contributed by atoms with E-state index in [0.717, 1.165) is 17.6 Å². The highest BCUT2D eigenvalue weighted by Gasteiger charge is 2.14. The molecule has 0 atom stereocenters. The van der Waals surface area contributed by atoms with E-state index in [4.69, 9.17) is 4.74 Å². The Kier molecular flexibility index (Phi) is 5.22. The minimum Gasteiger partial charge on any atom is -0.485 e. The monoisotopic (exact) mass is 466 g/mol. The number of rotatable bonds is 4. The molecule has 0 bridgehead atoms. The zero-order valence-corrected chi connectivity index (χ0v) is 15.4. The minimum absolute atomic E-state index is 0.0306. The maximum atomic E-state index is 12.0. The fraction of sp³-hybridized carbons (Fsp3) is 0.154. The molecule has 0 aliphatic carbocycles. The molecule has 100 valence electrons. The van der Waals surface area contributed by atoms with Gasteiger partial charge in [-0.3, -0.25) is 4.79 Å². The molecule has 2 aromatic rings. The fourth-order valence-electron chi connectivity index (χ4n) is 1.46. The Bertz CT molecular complexity index is 622. The van der Waals surface area contributed by atoms with Gasteiger partial charge in [-0.15, -0.1) is 11.3 Å². The molecule has 0 amide bonds. The second-order valence-electron chi connectivity index (χ2n) is 3.86. The van der Waals surface area contributed by atoms with Crippen molar-refractivity contribution in [2.24, 2.45) is 0 Å². The minimum atomic E-state index is -0.0469. The fourth-order valence-corrected chi connectivity index (χ4v) is 4.57. The van der Waals surface area contributed by atoms with Gasteiger partial charge in [-0.2, -0.15) is 0 Å². The summed E-state index contributed by atoms with van der Waals surface area (Å²) in [6, 6.07) is 7.44. The summed E-state index contributed by atoms with van der Waals surface area (Å²) in [6.45, 7) is 2.01. The molecule has 19 heavy (non-hydrogen) atoms. The topological polar surface area (TPSA) is 26.3 Å². The Hall–Kier alpha value is -0.170. The predicted octanol–water partition coefficient (Wildman–Crippen LogP) is 5.61. The molecule has 1 heterocycles. The van der Waals surface area contributed by atoms with Crippen LogP contribution < -0.4 is 4.74 Å². The van der Waals surface area contributed by atoms with Crippen molar-refractivity contribution in [2.45, 2.75) is 6.92 Å². The molecule has 0 spiro atoms. The van der Waals surface area contributed by atoms with E-state index in [1.165, 1.54) is 11.3 Å². The Morgan fingerprint density at radius 3 is 2.58 bits per heavy atom. The SMILES string of the molecule is Cc1cc(OCC(=O)c2cc(Br)sc2Br)ccc1Br. The number of carbonyl (C=O) groups is 1. The molecule has 0 saturated heterocycles. The molecule has 1 aromatic heterocycles. The second-order valence-corrected chi connectivity index (χ2v) is 8.46. The van der Waals surface area contributed by atoms with Crippen LogP contribution >= 0.6 is 59.1 Å². The molecule has 0 aliphatic heterocycles. The van der Waals surface area contributed by atoms with Crippen LogP contribution in [0.15, 0.2) is 36.3 Å². The highest BCUT2D eigenvalue weighted by Crippen LogP contribution is 2.32. The molecular weight excluding hydrogens is 460 g/mol. The van der Waals surface area contributed by atoms with Crippen LogP contribution in [0.1, 0.15) is 15.9 Å². The van der Waals surface area contributed by atoms with Crippen molar-refractivity contribution in [3.05, 3.63) is 47.4 Å². The van der Waals surface area contributed by atoms with Crippen molar-refractivity contribution >= 4 is 64.9 Å². The van der Waals surface area contributed by atoms with Gasteiger partial charge in [0.15, 0.2) is 6.61 Å². The Labute approximate surface area is 140 Å². The summed E-state index contributed by atoms with van der Waals surface area (Å²) in [6.07, 6.45) is 0. The van der Waals surface area contributed by atoms with Gasteiger partial charge in [-0.25, -0.2) is 0 Å². The Morgan fingerprint density at radius 1 is 1.26 bits per heavy atom. The highest BCUT2D eigenvalue weighted by atomic mass is 79.9. The van der Waals surface area contributed by atoms with E-state index in [9.17, 15) is 4.79 Å². The van der Waals surface area contributed by atoms with Crippen LogP contribution in [0.4, 0.5) is 0 Å². The summed E-state index contributed by atoms with van der Waals surface area (Å²) in [5, 5.41) is 0. The number of aryl methyl sites for hydroxylation is 1.